The Hall–Kier alpha value is -3.42. The van der Waals surface area contributed by atoms with E-state index in [0.717, 1.165) is 9.31 Å². The Morgan fingerprint density at radius 1 is 0.875 bits per heavy atom. The van der Waals surface area contributed by atoms with Crippen molar-refractivity contribution in [3.8, 4) is 0 Å². The van der Waals surface area contributed by atoms with Gasteiger partial charge in [0.15, 0.2) is 11.6 Å². The molecule has 0 unspecified atom stereocenters. The van der Waals surface area contributed by atoms with Gasteiger partial charge in [-0.1, -0.05) is 42.5 Å². The van der Waals surface area contributed by atoms with Crippen LogP contribution in [-0.4, -0.2) is 29.1 Å². The molecule has 0 aliphatic heterocycles. The monoisotopic (exact) mass is 464 g/mol. The zero-order valence-electron chi connectivity index (χ0n) is 16.9. The summed E-state index contributed by atoms with van der Waals surface area (Å²) in [5, 5.41) is 2.72. The summed E-state index contributed by atoms with van der Waals surface area (Å²) < 4.78 is 0.818. The Morgan fingerprint density at radius 2 is 1.50 bits per heavy atom. The predicted molar refractivity (Wildman–Crippen MR) is 125 cm³/mol. The summed E-state index contributed by atoms with van der Waals surface area (Å²) in [6.07, 6.45) is 0. The number of rotatable bonds is 5. The third kappa shape index (κ3) is 4.04. The number of amides is 2. The maximum Gasteiger partial charge on any atom is 0.238 e. The Morgan fingerprint density at radius 3 is 2.16 bits per heavy atom. The van der Waals surface area contributed by atoms with Crippen LogP contribution >= 0.6 is 23.5 Å². The van der Waals surface area contributed by atoms with Crippen molar-refractivity contribution in [3.05, 3.63) is 89.0 Å². The Labute approximate surface area is 193 Å². The molecule has 1 aliphatic rings. The number of carbonyl (C=O) groups is 4. The van der Waals surface area contributed by atoms with Gasteiger partial charge in [-0.3, -0.25) is 19.2 Å². The second kappa shape index (κ2) is 8.98. The number of halogens is 1. The van der Waals surface area contributed by atoms with Gasteiger partial charge >= 0.3 is 0 Å². The molecule has 160 valence electrons. The van der Waals surface area contributed by atoms with Gasteiger partial charge in [0.1, 0.15) is 0 Å². The number of anilines is 2. The van der Waals surface area contributed by atoms with Gasteiger partial charge in [0.2, 0.25) is 11.8 Å². The summed E-state index contributed by atoms with van der Waals surface area (Å²) >= 11 is 7.48. The van der Waals surface area contributed by atoms with E-state index in [4.69, 9.17) is 11.8 Å². The van der Waals surface area contributed by atoms with Crippen molar-refractivity contribution >= 4 is 58.3 Å². The van der Waals surface area contributed by atoms with Gasteiger partial charge in [-0.15, -0.1) is 11.8 Å². The molecule has 0 spiro atoms. The molecule has 0 radical (unpaired) electrons. The largest absolute Gasteiger partial charge is 0.323 e. The van der Waals surface area contributed by atoms with E-state index < -0.39 is 17.6 Å². The van der Waals surface area contributed by atoms with Gasteiger partial charge in [-0.25, -0.2) is 4.42 Å². The molecular weight excluding hydrogens is 448 g/mol. The lowest BCUT2D eigenvalue weighted by atomic mass is 9.83. The maximum atomic E-state index is 13.3. The molecule has 1 N–H and O–H groups in total. The zero-order chi connectivity index (χ0) is 22.8. The molecule has 0 heterocycles. The van der Waals surface area contributed by atoms with E-state index in [1.54, 1.807) is 24.3 Å². The number of hydrogen-bond acceptors (Lipinski definition) is 5. The average molecular weight is 465 g/mol. The number of hydrogen-bond donors (Lipinski definition) is 1. The Balaban J connectivity index is 1.75. The van der Waals surface area contributed by atoms with Gasteiger partial charge in [0.05, 0.1) is 22.7 Å². The van der Waals surface area contributed by atoms with Crippen molar-refractivity contribution in [2.24, 2.45) is 0 Å². The van der Waals surface area contributed by atoms with Crippen LogP contribution in [0.4, 0.5) is 11.4 Å². The number of thioether (sulfide) groups is 1. The lowest BCUT2D eigenvalue weighted by Crippen LogP contribution is -2.27. The van der Waals surface area contributed by atoms with E-state index in [-0.39, 0.29) is 39.6 Å². The second-order valence-corrected chi connectivity index (χ2v) is 8.42. The van der Waals surface area contributed by atoms with Crippen molar-refractivity contribution in [3.63, 3.8) is 0 Å². The van der Waals surface area contributed by atoms with Crippen LogP contribution in [0.5, 0.6) is 0 Å². The molecule has 3 aromatic rings. The fraction of sp³-hybridized carbons (Fsp3) is 0.0833. The molecule has 32 heavy (non-hydrogen) atoms. The lowest BCUT2D eigenvalue weighted by Gasteiger charge is -2.24. The van der Waals surface area contributed by atoms with Crippen LogP contribution in [0.3, 0.4) is 0 Å². The molecule has 3 aromatic carbocycles. The molecule has 8 heteroatoms. The molecular formula is C24H17ClN2O4S. The van der Waals surface area contributed by atoms with E-state index in [1.807, 2.05) is 30.3 Å². The number of benzene rings is 3. The minimum absolute atomic E-state index is 0.0242. The number of carbonyl (C=O) groups excluding carboxylic acids is 4. The summed E-state index contributed by atoms with van der Waals surface area (Å²) in [5.74, 6) is -1.60. The first-order valence-corrected chi connectivity index (χ1v) is 11.0. The molecule has 0 saturated heterocycles. The minimum Gasteiger partial charge on any atom is -0.323 e. The number of nitrogens with zero attached hydrogens (tertiary/aromatic N) is 1. The minimum atomic E-state index is -0.504. The van der Waals surface area contributed by atoms with Gasteiger partial charge in [0, 0.05) is 40.3 Å². The predicted octanol–water partition coefficient (Wildman–Crippen LogP) is 4.70. The van der Waals surface area contributed by atoms with Crippen LogP contribution in [0.2, 0.25) is 0 Å². The van der Waals surface area contributed by atoms with E-state index in [0.29, 0.717) is 5.56 Å². The van der Waals surface area contributed by atoms with E-state index in [1.165, 1.54) is 30.8 Å². The van der Waals surface area contributed by atoms with Crippen LogP contribution in [-0.2, 0) is 9.59 Å². The molecule has 0 aromatic heterocycles. The molecule has 0 atom stereocenters. The highest BCUT2D eigenvalue weighted by molar-refractivity contribution is 8.00. The van der Waals surface area contributed by atoms with Gasteiger partial charge in [-0.2, -0.15) is 0 Å². The van der Waals surface area contributed by atoms with E-state index >= 15 is 0 Å². The summed E-state index contributed by atoms with van der Waals surface area (Å²) in [6, 6.07) is 18.8. The molecule has 6 nitrogen and oxygen atoms in total. The van der Waals surface area contributed by atoms with E-state index in [2.05, 4.69) is 5.32 Å². The summed E-state index contributed by atoms with van der Waals surface area (Å²) in [5.41, 5.74) is 0.869. The summed E-state index contributed by atoms with van der Waals surface area (Å²) in [7, 11) is 0. The quantitative estimate of drug-likeness (QED) is 0.342. The lowest BCUT2D eigenvalue weighted by molar-refractivity contribution is -0.115. The van der Waals surface area contributed by atoms with Crippen LogP contribution < -0.4 is 9.74 Å². The van der Waals surface area contributed by atoms with Crippen molar-refractivity contribution in [1.82, 2.24) is 0 Å². The smallest absolute Gasteiger partial charge is 0.238 e. The molecule has 4 rings (SSSR count). The van der Waals surface area contributed by atoms with Crippen molar-refractivity contribution < 1.29 is 19.2 Å². The molecule has 0 bridgehead atoms. The van der Waals surface area contributed by atoms with Crippen LogP contribution in [0.1, 0.15) is 38.8 Å². The Bertz CT molecular complexity index is 1260. The first-order valence-electron chi connectivity index (χ1n) is 9.68. The third-order valence-corrected chi connectivity index (χ3v) is 6.37. The molecule has 2 amide bonds. The maximum absolute atomic E-state index is 13.3. The van der Waals surface area contributed by atoms with Crippen LogP contribution in [0.25, 0.3) is 0 Å². The first-order chi connectivity index (χ1) is 15.4. The first kappa shape index (κ1) is 21.8. The SMILES string of the molecule is CC(=O)N(Cl)c1ccc2c(c1NC(=O)CSc1ccccc1)C(=O)c1ccccc1C2=O. The number of nitrogens with one attached hydrogen (secondary N) is 1. The number of ketones is 2. The topological polar surface area (TPSA) is 83.6 Å². The van der Waals surface area contributed by atoms with Crippen molar-refractivity contribution in [2.75, 3.05) is 15.5 Å². The van der Waals surface area contributed by atoms with Crippen molar-refractivity contribution in [1.29, 1.82) is 0 Å². The Kier molecular flexibility index (Phi) is 6.12. The van der Waals surface area contributed by atoms with Crippen LogP contribution in [0, 0.1) is 0 Å². The van der Waals surface area contributed by atoms with Gasteiger partial charge < -0.3 is 5.32 Å². The average Bonchev–Trinajstić information content (AvgIpc) is 2.81. The normalized spacial score (nSPS) is 12.1. The third-order valence-electron chi connectivity index (χ3n) is 4.94. The van der Waals surface area contributed by atoms with Crippen molar-refractivity contribution in [2.45, 2.75) is 11.8 Å². The zero-order valence-corrected chi connectivity index (χ0v) is 18.5. The highest BCUT2D eigenvalue weighted by Gasteiger charge is 2.34. The van der Waals surface area contributed by atoms with E-state index in [9.17, 15) is 19.2 Å². The fourth-order valence-corrected chi connectivity index (χ4v) is 4.34. The number of fused-ring (bicyclic) bond motifs is 2. The molecule has 1 aliphatic carbocycles. The second-order valence-electron chi connectivity index (χ2n) is 7.04. The summed E-state index contributed by atoms with van der Waals surface area (Å²) in [6.45, 7) is 1.26. The molecule has 0 fully saturated rings. The molecule has 0 saturated carbocycles. The van der Waals surface area contributed by atoms with Gasteiger partial charge in [-0.05, 0) is 24.3 Å². The highest BCUT2D eigenvalue weighted by atomic mass is 35.5. The van der Waals surface area contributed by atoms with Crippen LogP contribution in [0.15, 0.2) is 71.6 Å². The summed E-state index contributed by atoms with van der Waals surface area (Å²) in [4.78, 5) is 52.0. The van der Waals surface area contributed by atoms with Gasteiger partial charge in [0.25, 0.3) is 0 Å². The fourth-order valence-electron chi connectivity index (χ4n) is 3.48. The standard InChI is InChI=1S/C24H17ClN2O4S/c1-14(28)27(25)19-12-11-18-21(24(31)17-10-6-5-9-16(17)23(18)30)22(19)26-20(29)13-32-15-7-3-2-4-8-15/h2-12H,13H2,1H3,(H,26,29). The highest BCUT2D eigenvalue weighted by Crippen LogP contribution is 2.39.